The molecule has 0 bridgehead atoms. The first-order chi connectivity index (χ1) is 8.20. The second kappa shape index (κ2) is 8.26. The fourth-order valence-electron chi connectivity index (χ4n) is 1.72. The van der Waals surface area contributed by atoms with Crippen molar-refractivity contribution in [3.05, 3.63) is 35.9 Å². The van der Waals surface area contributed by atoms with Crippen LogP contribution in [0.1, 0.15) is 45.2 Å². The van der Waals surface area contributed by atoms with Crippen LogP contribution in [0.4, 0.5) is 0 Å². The van der Waals surface area contributed by atoms with Gasteiger partial charge in [-0.25, -0.2) is 0 Å². The predicted molar refractivity (Wildman–Crippen MR) is 73.2 cm³/mol. The van der Waals surface area contributed by atoms with Gasteiger partial charge in [-0.05, 0) is 45.7 Å². The lowest BCUT2D eigenvalue weighted by molar-refractivity contribution is 0.0759. The molecular weight excluding hydrogens is 210 g/mol. The van der Waals surface area contributed by atoms with Crippen LogP contribution in [0, 0.1) is 0 Å². The fraction of sp³-hybridized carbons (Fsp3) is 0.600. The zero-order valence-electron chi connectivity index (χ0n) is 11.3. The minimum atomic E-state index is 0.353. The third-order valence-electron chi connectivity index (χ3n) is 2.77. The number of benzene rings is 1. The van der Waals surface area contributed by atoms with Gasteiger partial charge >= 0.3 is 0 Å². The highest BCUT2D eigenvalue weighted by molar-refractivity contribution is 5.17. The smallest absolute Gasteiger partial charge is 0.0518 e. The minimum Gasteiger partial charge on any atom is -0.379 e. The third-order valence-corrected chi connectivity index (χ3v) is 2.77. The van der Waals surface area contributed by atoms with Crippen LogP contribution in [0.5, 0.6) is 0 Å². The average Bonchev–Trinajstić information content (AvgIpc) is 2.34. The van der Waals surface area contributed by atoms with Gasteiger partial charge in [-0.15, -0.1) is 0 Å². The van der Waals surface area contributed by atoms with Crippen LogP contribution in [-0.4, -0.2) is 19.3 Å². The summed E-state index contributed by atoms with van der Waals surface area (Å²) in [6, 6.07) is 11.0. The van der Waals surface area contributed by atoms with E-state index in [-0.39, 0.29) is 0 Å². The molecule has 0 heterocycles. The van der Waals surface area contributed by atoms with Crippen LogP contribution in [0.15, 0.2) is 30.3 Å². The minimum absolute atomic E-state index is 0.353. The lowest BCUT2D eigenvalue weighted by Crippen LogP contribution is -2.20. The summed E-state index contributed by atoms with van der Waals surface area (Å²) in [6.45, 7) is 8.29. The maximum Gasteiger partial charge on any atom is 0.0518 e. The summed E-state index contributed by atoms with van der Waals surface area (Å²) in [5, 5.41) is 3.53. The Morgan fingerprint density at radius 3 is 2.41 bits per heavy atom. The highest BCUT2D eigenvalue weighted by atomic mass is 16.5. The number of nitrogens with one attached hydrogen (secondary N) is 1. The molecular formula is C15H25NO. The third kappa shape index (κ3) is 6.44. The van der Waals surface area contributed by atoms with Crippen LogP contribution < -0.4 is 5.32 Å². The van der Waals surface area contributed by atoms with Crippen LogP contribution >= 0.6 is 0 Å². The molecule has 0 amide bonds. The number of rotatable bonds is 8. The van der Waals surface area contributed by atoms with Gasteiger partial charge in [0.2, 0.25) is 0 Å². The SMILES string of the molecule is CC(C)OCCCCNC(C)c1ccccc1. The molecule has 1 aromatic carbocycles. The van der Waals surface area contributed by atoms with Gasteiger partial charge in [-0.1, -0.05) is 30.3 Å². The molecule has 0 spiro atoms. The Bertz CT molecular complexity index is 284. The van der Waals surface area contributed by atoms with Gasteiger partial charge in [0.25, 0.3) is 0 Å². The molecule has 0 saturated heterocycles. The summed E-state index contributed by atoms with van der Waals surface area (Å²) >= 11 is 0. The molecule has 1 unspecified atom stereocenters. The predicted octanol–water partition coefficient (Wildman–Crippen LogP) is 3.54. The van der Waals surface area contributed by atoms with E-state index < -0.39 is 0 Å². The van der Waals surface area contributed by atoms with Crippen LogP contribution in [0.2, 0.25) is 0 Å². The summed E-state index contributed by atoms with van der Waals surface area (Å²) in [4.78, 5) is 0. The molecule has 0 radical (unpaired) electrons. The van der Waals surface area contributed by atoms with Gasteiger partial charge in [0.15, 0.2) is 0 Å². The van der Waals surface area contributed by atoms with Crippen molar-refractivity contribution in [1.82, 2.24) is 5.32 Å². The average molecular weight is 235 g/mol. The Morgan fingerprint density at radius 1 is 1.06 bits per heavy atom. The molecule has 0 aliphatic heterocycles. The van der Waals surface area contributed by atoms with E-state index in [0.717, 1.165) is 19.6 Å². The monoisotopic (exact) mass is 235 g/mol. The van der Waals surface area contributed by atoms with E-state index in [4.69, 9.17) is 4.74 Å². The van der Waals surface area contributed by atoms with Crippen molar-refractivity contribution in [3.63, 3.8) is 0 Å². The largest absolute Gasteiger partial charge is 0.379 e. The Labute approximate surface area is 105 Å². The van der Waals surface area contributed by atoms with E-state index in [2.05, 4.69) is 56.4 Å². The molecule has 0 fully saturated rings. The Kier molecular flexibility index (Phi) is 6.90. The van der Waals surface area contributed by atoms with Crippen molar-refractivity contribution < 1.29 is 4.74 Å². The van der Waals surface area contributed by atoms with Gasteiger partial charge in [0.05, 0.1) is 6.10 Å². The molecule has 0 aliphatic carbocycles. The van der Waals surface area contributed by atoms with E-state index in [1.165, 1.54) is 12.0 Å². The summed E-state index contributed by atoms with van der Waals surface area (Å²) in [7, 11) is 0. The first-order valence-corrected chi connectivity index (χ1v) is 6.60. The fourth-order valence-corrected chi connectivity index (χ4v) is 1.72. The maximum absolute atomic E-state index is 5.51. The molecule has 1 atom stereocenters. The summed E-state index contributed by atoms with van der Waals surface area (Å²) in [5.74, 6) is 0. The van der Waals surface area contributed by atoms with Crippen LogP contribution in [-0.2, 0) is 4.74 Å². The molecule has 1 aromatic rings. The Balaban J connectivity index is 2.07. The van der Waals surface area contributed by atoms with E-state index in [0.29, 0.717) is 12.1 Å². The molecule has 1 N–H and O–H groups in total. The maximum atomic E-state index is 5.51. The first kappa shape index (κ1) is 14.2. The highest BCUT2D eigenvalue weighted by Gasteiger charge is 2.02. The van der Waals surface area contributed by atoms with Crippen molar-refractivity contribution in [1.29, 1.82) is 0 Å². The molecule has 0 aromatic heterocycles. The van der Waals surface area contributed by atoms with Gasteiger partial charge in [0, 0.05) is 12.6 Å². The molecule has 1 rings (SSSR count). The zero-order chi connectivity index (χ0) is 12.5. The lowest BCUT2D eigenvalue weighted by atomic mass is 10.1. The Morgan fingerprint density at radius 2 is 1.76 bits per heavy atom. The number of hydrogen-bond acceptors (Lipinski definition) is 2. The Hall–Kier alpha value is -0.860. The van der Waals surface area contributed by atoms with Crippen molar-refractivity contribution >= 4 is 0 Å². The number of unbranched alkanes of at least 4 members (excludes halogenated alkanes) is 1. The van der Waals surface area contributed by atoms with Gasteiger partial charge in [-0.2, -0.15) is 0 Å². The van der Waals surface area contributed by atoms with Gasteiger partial charge in [-0.3, -0.25) is 0 Å². The van der Waals surface area contributed by atoms with Crippen molar-refractivity contribution in [2.75, 3.05) is 13.2 Å². The summed E-state index contributed by atoms with van der Waals surface area (Å²) in [5.41, 5.74) is 1.35. The number of ether oxygens (including phenoxy) is 1. The topological polar surface area (TPSA) is 21.3 Å². The van der Waals surface area contributed by atoms with E-state index >= 15 is 0 Å². The van der Waals surface area contributed by atoms with Crippen molar-refractivity contribution in [3.8, 4) is 0 Å². The molecule has 96 valence electrons. The molecule has 2 nitrogen and oxygen atoms in total. The zero-order valence-corrected chi connectivity index (χ0v) is 11.3. The van der Waals surface area contributed by atoms with E-state index in [1.807, 2.05) is 0 Å². The quantitative estimate of drug-likeness (QED) is 0.696. The standard InChI is InChI=1S/C15H25NO/c1-13(2)17-12-8-7-11-16-14(3)15-9-5-4-6-10-15/h4-6,9-10,13-14,16H,7-8,11-12H2,1-3H3. The second-order valence-electron chi connectivity index (χ2n) is 4.71. The van der Waals surface area contributed by atoms with Gasteiger partial charge in [0.1, 0.15) is 0 Å². The molecule has 0 aliphatic rings. The lowest BCUT2D eigenvalue weighted by Gasteiger charge is -2.14. The molecule has 0 saturated carbocycles. The summed E-state index contributed by atoms with van der Waals surface area (Å²) in [6.07, 6.45) is 2.66. The van der Waals surface area contributed by atoms with Crippen LogP contribution in [0.3, 0.4) is 0 Å². The summed E-state index contributed by atoms with van der Waals surface area (Å²) < 4.78 is 5.51. The van der Waals surface area contributed by atoms with Crippen molar-refractivity contribution in [2.24, 2.45) is 0 Å². The second-order valence-corrected chi connectivity index (χ2v) is 4.71. The highest BCUT2D eigenvalue weighted by Crippen LogP contribution is 2.10. The number of hydrogen-bond donors (Lipinski definition) is 1. The van der Waals surface area contributed by atoms with E-state index in [1.54, 1.807) is 0 Å². The molecule has 2 heteroatoms. The van der Waals surface area contributed by atoms with E-state index in [9.17, 15) is 0 Å². The first-order valence-electron chi connectivity index (χ1n) is 6.60. The van der Waals surface area contributed by atoms with Crippen molar-refractivity contribution in [2.45, 2.75) is 45.8 Å². The molecule has 17 heavy (non-hydrogen) atoms. The van der Waals surface area contributed by atoms with Crippen LogP contribution in [0.25, 0.3) is 0 Å². The normalized spacial score (nSPS) is 12.9. The van der Waals surface area contributed by atoms with Gasteiger partial charge < -0.3 is 10.1 Å².